The third kappa shape index (κ3) is 17.6. The summed E-state index contributed by atoms with van der Waals surface area (Å²) < 4.78 is 19.5. The van der Waals surface area contributed by atoms with Gasteiger partial charge in [-0.3, -0.25) is 0 Å². The largest absolute Gasteiger partial charge is 0.505 e. The first-order chi connectivity index (χ1) is 46.9. The minimum atomic E-state index is -0.273. The van der Waals surface area contributed by atoms with Crippen LogP contribution in [-0.2, 0) is 69.2 Å². The van der Waals surface area contributed by atoms with Crippen LogP contribution in [-0.4, -0.2) is 32.6 Å². The molecule has 11 rings (SSSR count). The SMILES string of the molecule is CC(C)(C)CC(C)(C)c1cc(-c2cc(C(C)(C)C)ccc2OCC2CCCCC2COc2ccc(C(C)(C)C)cc2-c2cc(C(C)(C)CC(C)(C)C)cc(-n3c4ccc(C(C)(C)C)cc4c4cc(C(C)(C)C)ccc43)c2O)c(O)c(-n2c3ccc(C(C)(C)C)cc3c3cc(C(C)(C)C)ccc32)c1.[CH3-].[CH3-].[Hf]. The molecule has 1 saturated carbocycles. The third-order valence-electron chi connectivity index (χ3n) is 22.4. The van der Waals surface area contributed by atoms with Crippen LogP contribution in [0, 0.1) is 37.5 Å². The van der Waals surface area contributed by atoms with Gasteiger partial charge in [0.15, 0.2) is 0 Å². The Morgan fingerprint density at radius 3 is 0.800 bits per heavy atom. The second-order valence-electron chi connectivity index (χ2n) is 41.0. The van der Waals surface area contributed by atoms with Crippen LogP contribution >= 0.6 is 0 Å². The maximum Gasteiger partial charge on any atom is 0.147 e. The van der Waals surface area contributed by atoms with E-state index < -0.39 is 0 Å². The van der Waals surface area contributed by atoms with Crippen LogP contribution in [0.3, 0.4) is 0 Å². The number of phenols is 2. The second kappa shape index (κ2) is 29.4. The quantitative estimate of drug-likeness (QED) is 0.0841. The zero-order chi connectivity index (χ0) is 74.9. The summed E-state index contributed by atoms with van der Waals surface area (Å²) in [4.78, 5) is 0. The monoisotopic (exact) mass is 1580 g/mol. The molecule has 564 valence electrons. The first-order valence-electron chi connectivity index (χ1n) is 38.4. The number of rotatable bonds is 14. The molecular formula is C98H132HfN2O4-2. The van der Waals surface area contributed by atoms with Gasteiger partial charge in [0.1, 0.15) is 23.0 Å². The van der Waals surface area contributed by atoms with Crippen LogP contribution in [0.4, 0.5) is 0 Å². The summed E-state index contributed by atoms with van der Waals surface area (Å²) in [5.41, 5.74) is 17.8. The van der Waals surface area contributed by atoms with E-state index in [0.29, 0.717) is 13.2 Å². The number of ether oxygens (including phenoxy) is 2. The van der Waals surface area contributed by atoms with Gasteiger partial charge in [-0.05, 0) is 233 Å². The van der Waals surface area contributed by atoms with Crippen LogP contribution < -0.4 is 9.47 Å². The molecule has 0 bridgehead atoms. The molecule has 0 amide bonds. The summed E-state index contributed by atoms with van der Waals surface area (Å²) in [6.45, 7) is 65.6. The Hall–Kier alpha value is -6.57. The van der Waals surface area contributed by atoms with E-state index in [2.05, 4.69) is 336 Å². The topological polar surface area (TPSA) is 68.8 Å². The molecule has 2 atom stereocenters. The predicted octanol–water partition coefficient (Wildman–Crippen LogP) is 28.0. The molecule has 0 radical (unpaired) electrons. The van der Waals surface area contributed by atoms with Crippen molar-refractivity contribution in [1.29, 1.82) is 0 Å². The van der Waals surface area contributed by atoms with Crippen molar-refractivity contribution in [1.82, 2.24) is 9.13 Å². The minimum absolute atomic E-state index is 0. The number of aromatic nitrogens is 2. The molecule has 7 heteroatoms. The summed E-state index contributed by atoms with van der Waals surface area (Å²) >= 11 is 0. The van der Waals surface area contributed by atoms with Crippen LogP contribution in [0.25, 0.3) is 77.2 Å². The fraction of sp³-hybridized carbons (Fsp3) is 0.490. The van der Waals surface area contributed by atoms with Crippen LogP contribution in [0.5, 0.6) is 23.0 Å². The summed E-state index contributed by atoms with van der Waals surface area (Å²) in [5.74, 6) is 2.38. The number of phenolic OH excluding ortho intramolecular Hbond substituents is 2. The number of nitrogens with zero attached hydrogens (tertiary/aromatic N) is 2. The van der Waals surface area contributed by atoms with E-state index in [-0.39, 0.29) is 118 Å². The third-order valence-corrected chi connectivity index (χ3v) is 22.4. The Kier molecular flexibility index (Phi) is 23.6. The Morgan fingerprint density at radius 1 is 0.314 bits per heavy atom. The Morgan fingerprint density at radius 2 is 0.552 bits per heavy atom. The van der Waals surface area contributed by atoms with Crippen molar-refractivity contribution in [2.24, 2.45) is 22.7 Å². The molecule has 1 aliphatic rings. The van der Waals surface area contributed by atoms with Crippen molar-refractivity contribution in [3.05, 3.63) is 193 Å². The van der Waals surface area contributed by atoms with Gasteiger partial charge < -0.3 is 43.7 Å². The van der Waals surface area contributed by atoms with Gasteiger partial charge in [0.25, 0.3) is 0 Å². The van der Waals surface area contributed by atoms with E-state index in [4.69, 9.17) is 9.47 Å². The number of benzene rings is 8. The molecule has 8 aromatic carbocycles. The molecule has 6 nitrogen and oxygen atoms in total. The molecule has 2 unspecified atom stereocenters. The number of fused-ring (bicyclic) bond motifs is 6. The predicted molar refractivity (Wildman–Crippen MR) is 451 cm³/mol. The van der Waals surface area contributed by atoms with Crippen molar-refractivity contribution in [2.45, 2.75) is 276 Å². The maximum atomic E-state index is 13.6. The van der Waals surface area contributed by atoms with Gasteiger partial charge in [-0.15, -0.1) is 0 Å². The van der Waals surface area contributed by atoms with Gasteiger partial charge >= 0.3 is 0 Å². The van der Waals surface area contributed by atoms with E-state index in [0.717, 1.165) is 106 Å². The molecule has 1 fully saturated rings. The summed E-state index contributed by atoms with van der Waals surface area (Å²) in [6.07, 6.45) is 6.11. The van der Waals surface area contributed by atoms with Gasteiger partial charge in [-0.2, -0.15) is 0 Å². The number of hydrogen-bond acceptors (Lipinski definition) is 4. The first-order valence-corrected chi connectivity index (χ1v) is 38.4. The normalized spacial score (nSPS) is 15.5. The minimum Gasteiger partial charge on any atom is -0.505 e. The molecule has 0 aliphatic heterocycles. The Balaban J connectivity index is 0.00000465. The van der Waals surface area contributed by atoms with Crippen molar-refractivity contribution in [3.63, 3.8) is 0 Å². The summed E-state index contributed by atoms with van der Waals surface area (Å²) in [6, 6.07) is 50.3. The van der Waals surface area contributed by atoms with Gasteiger partial charge in [0.2, 0.25) is 0 Å². The second-order valence-corrected chi connectivity index (χ2v) is 41.0. The molecule has 105 heavy (non-hydrogen) atoms. The van der Waals surface area contributed by atoms with Gasteiger partial charge in [0, 0.05) is 69.6 Å². The van der Waals surface area contributed by atoms with E-state index in [1.165, 1.54) is 66.1 Å². The van der Waals surface area contributed by atoms with E-state index in [9.17, 15) is 10.2 Å². The fourth-order valence-corrected chi connectivity index (χ4v) is 16.8. The molecule has 1 aliphatic carbocycles. The molecule has 2 aromatic heterocycles. The molecule has 10 aromatic rings. The zero-order valence-electron chi connectivity index (χ0n) is 70.6. The Labute approximate surface area is 654 Å². The van der Waals surface area contributed by atoms with Gasteiger partial charge in [-0.1, -0.05) is 243 Å². The van der Waals surface area contributed by atoms with Crippen molar-refractivity contribution >= 4 is 43.6 Å². The average Bonchev–Trinajstić information content (AvgIpc) is 1.61. The zero-order valence-corrected chi connectivity index (χ0v) is 74.2. The van der Waals surface area contributed by atoms with Crippen molar-refractivity contribution in [2.75, 3.05) is 13.2 Å². The molecule has 0 spiro atoms. The molecular weight excluding hydrogens is 1450 g/mol. The maximum absolute atomic E-state index is 13.6. The average molecular weight is 1580 g/mol. The van der Waals surface area contributed by atoms with Crippen molar-refractivity contribution in [3.8, 4) is 56.6 Å². The number of hydrogen-bond donors (Lipinski definition) is 2. The van der Waals surface area contributed by atoms with E-state index in [1.54, 1.807) is 0 Å². The van der Waals surface area contributed by atoms with Crippen molar-refractivity contribution < 1.29 is 45.5 Å². The standard InChI is InChI=1S/C96H126N2O4.2CH3.Hf/c1-87(2,3)57-95(25,26)67-51-75(85(99)81(53-67)97-77-39-33-61(89(7,8)9)45-69(77)70-46-62(90(10,11)12)34-40-78(70)97)73-49-65(93(19,20)21)37-43-83(73)101-55-59-31-29-30-32-60(59)56-102-84-44-38-66(94(22,23)24)50-74(84)76-52-68(96(27,28)58-88(4,5)6)54-82(86(76)100)98-79-41-35-63(91(13,14)15)47-71(79)72-48-64(92(16,17)18)36-42-80(72)98;;;/h33-54,59-60,99-100H,29-32,55-58H2,1-28H3;2*1H3;/q;2*-1;. The van der Waals surface area contributed by atoms with Gasteiger partial charge in [-0.25, -0.2) is 0 Å². The first kappa shape index (κ1) is 84.1. The fourth-order valence-electron chi connectivity index (χ4n) is 16.8. The molecule has 2 heterocycles. The number of aromatic hydroxyl groups is 2. The molecule has 2 N–H and O–H groups in total. The van der Waals surface area contributed by atoms with E-state index in [1.807, 2.05) is 0 Å². The van der Waals surface area contributed by atoms with Crippen LogP contribution in [0.1, 0.15) is 277 Å². The summed E-state index contributed by atoms with van der Waals surface area (Å²) in [7, 11) is 0. The molecule has 0 saturated heterocycles. The smallest absolute Gasteiger partial charge is 0.147 e. The van der Waals surface area contributed by atoms with Gasteiger partial charge in [0.05, 0.1) is 46.7 Å². The van der Waals surface area contributed by atoms with Crippen LogP contribution in [0.2, 0.25) is 0 Å². The van der Waals surface area contributed by atoms with E-state index >= 15 is 0 Å². The van der Waals surface area contributed by atoms with Crippen LogP contribution in [0.15, 0.2) is 133 Å². The Bertz CT molecular complexity index is 4360. The summed E-state index contributed by atoms with van der Waals surface area (Å²) in [5, 5.41) is 31.9.